The minimum Gasteiger partial charge on any atom is -0.309 e. The molecule has 0 radical (unpaired) electrons. The molecule has 1 aromatic carbocycles. The van der Waals surface area contributed by atoms with Crippen molar-refractivity contribution in [1.82, 2.24) is 15.3 Å². The van der Waals surface area contributed by atoms with Crippen molar-refractivity contribution in [3.63, 3.8) is 0 Å². The van der Waals surface area contributed by atoms with E-state index in [1.165, 1.54) is 11.1 Å². The minimum atomic E-state index is 0.345. The second-order valence-electron chi connectivity index (χ2n) is 4.56. The van der Waals surface area contributed by atoms with Crippen LogP contribution in [0.25, 0.3) is 0 Å². The Bertz CT molecular complexity index is 499. The smallest absolute Gasteiger partial charge is 0.114 e. The summed E-state index contributed by atoms with van der Waals surface area (Å²) in [6.07, 6.45) is 6.34. The molecule has 1 aromatic heterocycles. The lowest BCUT2D eigenvalue weighted by Crippen LogP contribution is -2.23. The summed E-state index contributed by atoms with van der Waals surface area (Å²) in [5.74, 6) is 0.956. The molecule has 0 aliphatic heterocycles. The highest BCUT2D eigenvalue weighted by Gasteiger charge is 2.11. The summed E-state index contributed by atoms with van der Waals surface area (Å²) in [5, 5.41) is 4.51. The van der Waals surface area contributed by atoms with Crippen LogP contribution in [-0.2, 0) is 6.42 Å². The molecule has 0 amide bonds. The van der Waals surface area contributed by atoms with Crippen LogP contribution in [0.5, 0.6) is 0 Å². The minimum absolute atomic E-state index is 0.345. The molecule has 20 heavy (non-hydrogen) atoms. The zero-order valence-electron chi connectivity index (χ0n) is 12.0. The molecule has 0 saturated carbocycles. The number of rotatable bonds is 7. The summed E-state index contributed by atoms with van der Waals surface area (Å²) in [7, 11) is 0. The standard InChI is InChI=1S/C16H21N3S/c1-3-13-5-7-14(8-6-13)15(18-4-2)12-20-16-11-17-9-10-19-16/h5-11,15,18H,3-4,12H2,1-2H3. The molecular formula is C16H21N3S. The van der Waals surface area contributed by atoms with Crippen LogP contribution in [0.15, 0.2) is 47.9 Å². The van der Waals surface area contributed by atoms with Crippen LogP contribution in [0.3, 0.4) is 0 Å². The number of nitrogens with zero attached hydrogens (tertiary/aromatic N) is 2. The summed E-state index contributed by atoms with van der Waals surface area (Å²) in [6.45, 7) is 5.28. The van der Waals surface area contributed by atoms with Gasteiger partial charge in [-0.3, -0.25) is 4.98 Å². The lowest BCUT2D eigenvalue weighted by Gasteiger charge is -2.18. The van der Waals surface area contributed by atoms with E-state index in [-0.39, 0.29) is 0 Å². The van der Waals surface area contributed by atoms with Crippen LogP contribution >= 0.6 is 11.8 Å². The predicted molar refractivity (Wildman–Crippen MR) is 85.0 cm³/mol. The molecule has 1 N–H and O–H groups in total. The first-order valence-electron chi connectivity index (χ1n) is 7.04. The van der Waals surface area contributed by atoms with E-state index in [1.807, 2.05) is 6.20 Å². The topological polar surface area (TPSA) is 37.8 Å². The molecule has 0 spiro atoms. The van der Waals surface area contributed by atoms with Crippen molar-refractivity contribution in [2.24, 2.45) is 0 Å². The van der Waals surface area contributed by atoms with E-state index >= 15 is 0 Å². The quantitative estimate of drug-likeness (QED) is 0.791. The number of benzene rings is 1. The fourth-order valence-corrected chi connectivity index (χ4v) is 2.95. The number of thioether (sulfide) groups is 1. The largest absolute Gasteiger partial charge is 0.309 e. The third kappa shape index (κ3) is 4.32. The first kappa shape index (κ1) is 15.0. The van der Waals surface area contributed by atoms with Crippen molar-refractivity contribution in [2.45, 2.75) is 31.3 Å². The average Bonchev–Trinajstić information content (AvgIpc) is 2.52. The lowest BCUT2D eigenvalue weighted by molar-refractivity contribution is 0.605. The molecule has 1 atom stereocenters. The molecule has 2 aromatic rings. The molecule has 0 bridgehead atoms. The number of hydrogen-bond acceptors (Lipinski definition) is 4. The van der Waals surface area contributed by atoms with E-state index in [0.717, 1.165) is 23.7 Å². The Morgan fingerprint density at radius 2 is 1.95 bits per heavy atom. The van der Waals surface area contributed by atoms with Crippen LogP contribution in [0, 0.1) is 0 Å². The molecule has 106 valence electrons. The van der Waals surface area contributed by atoms with Crippen LogP contribution in [0.2, 0.25) is 0 Å². The number of aromatic nitrogens is 2. The van der Waals surface area contributed by atoms with Gasteiger partial charge in [-0.2, -0.15) is 0 Å². The lowest BCUT2D eigenvalue weighted by atomic mass is 10.1. The Morgan fingerprint density at radius 1 is 1.15 bits per heavy atom. The highest BCUT2D eigenvalue weighted by Crippen LogP contribution is 2.23. The van der Waals surface area contributed by atoms with Crippen molar-refractivity contribution in [1.29, 1.82) is 0 Å². The molecule has 0 fully saturated rings. The monoisotopic (exact) mass is 287 g/mol. The van der Waals surface area contributed by atoms with Gasteiger partial charge in [-0.15, -0.1) is 11.8 Å². The van der Waals surface area contributed by atoms with Gasteiger partial charge >= 0.3 is 0 Å². The van der Waals surface area contributed by atoms with Gasteiger partial charge in [0.1, 0.15) is 5.03 Å². The van der Waals surface area contributed by atoms with E-state index in [0.29, 0.717) is 6.04 Å². The second-order valence-corrected chi connectivity index (χ2v) is 5.60. The van der Waals surface area contributed by atoms with Crippen molar-refractivity contribution in [2.75, 3.05) is 12.3 Å². The zero-order valence-corrected chi connectivity index (χ0v) is 12.9. The van der Waals surface area contributed by atoms with Gasteiger partial charge < -0.3 is 5.32 Å². The van der Waals surface area contributed by atoms with Gasteiger partial charge in [0.05, 0.1) is 6.20 Å². The van der Waals surface area contributed by atoms with E-state index in [9.17, 15) is 0 Å². The van der Waals surface area contributed by atoms with Gasteiger partial charge in [-0.25, -0.2) is 4.98 Å². The molecule has 0 saturated heterocycles. The summed E-state index contributed by atoms with van der Waals surface area (Å²) in [5.41, 5.74) is 2.71. The third-order valence-electron chi connectivity index (χ3n) is 3.18. The van der Waals surface area contributed by atoms with E-state index in [1.54, 1.807) is 24.2 Å². The molecule has 0 aliphatic carbocycles. The zero-order chi connectivity index (χ0) is 14.2. The van der Waals surface area contributed by atoms with Gasteiger partial charge in [0.2, 0.25) is 0 Å². The molecule has 1 unspecified atom stereocenters. The molecule has 3 nitrogen and oxygen atoms in total. The molecule has 1 heterocycles. The van der Waals surface area contributed by atoms with Crippen molar-refractivity contribution < 1.29 is 0 Å². The first-order chi connectivity index (χ1) is 9.83. The van der Waals surface area contributed by atoms with Crippen LogP contribution < -0.4 is 5.32 Å². The van der Waals surface area contributed by atoms with Crippen molar-refractivity contribution >= 4 is 11.8 Å². The van der Waals surface area contributed by atoms with E-state index < -0.39 is 0 Å². The highest BCUT2D eigenvalue weighted by atomic mass is 32.2. The fraction of sp³-hybridized carbons (Fsp3) is 0.375. The fourth-order valence-electron chi connectivity index (χ4n) is 2.03. The number of hydrogen-bond donors (Lipinski definition) is 1. The second kappa shape index (κ2) is 8.02. The summed E-state index contributed by atoms with van der Waals surface area (Å²) in [6, 6.07) is 9.23. The average molecular weight is 287 g/mol. The highest BCUT2D eigenvalue weighted by molar-refractivity contribution is 7.99. The first-order valence-corrected chi connectivity index (χ1v) is 8.03. The normalized spacial score (nSPS) is 12.3. The van der Waals surface area contributed by atoms with Crippen molar-refractivity contribution in [3.05, 3.63) is 54.0 Å². The van der Waals surface area contributed by atoms with Gasteiger partial charge in [-0.05, 0) is 24.1 Å². The maximum absolute atomic E-state index is 4.30. The number of aryl methyl sites for hydroxylation is 1. The SMILES string of the molecule is CCNC(CSc1cnccn1)c1ccc(CC)cc1. The maximum Gasteiger partial charge on any atom is 0.114 e. The summed E-state index contributed by atoms with van der Waals surface area (Å²) < 4.78 is 0. The summed E-state index contributed by atoms with van der Waals surface area (Å²) >= 11 is 1.74. The summed E-state index contributed by atoms with van der Waals surface area (Å²) in [4.78, 5) is 8.40. The van der Waals surface area contributed by atoms with Crippen molar-refractivity contribution in [3.8, 4) is 0 Å². The Morgan fingerprint density at radius 3 is 2.55 bits per heavy atom. The number of nitrogens with one attached hydrogen (secondary N) is 1. The van der Waals surface area contributed by atoms with Gasteiger partial charge in [-0.1, -0.05) is 38.1 Å². The van der Waals surface area contributed by atoms with Crippen LogP contribution in [0.4, 0.5) is 0 Å². The Labute approximate surface area is 125 Å². The Kier molecular flexibility index (Phi) is 6.02. The predicted octanol–water partition coefficient (Wildman–Crippen LogP) is 3.48. The molecule has 2 rings (SSSR count). The third-order valence-corrected chi connectivity index (χ3v) is 4.18. The van der Waals surface area contributed by atoms with Crippen LogP contribution in [0.1, 0.15) is 31.0 Å². The van der Waals surface area contributed by atoms with Gasteiger partial charge in [0.25, 0.3) is 0 Å². The van der Waals surface area contributed by atoms with Gasteiger partial charge in [0, 0.05) is 24.2 Å². The molecule has 0 aliphatic rings. The van der Waals surface area contributed by atoms with E-state index in [4.69, 9.17) is 0 Å². The molecular weight excluding hydrogens is 266 g/mol. The van der Waals surface area contributed by atoms with Crippen LogP contribution in [-0.4, -0.2) is 22.3 Å². The molecule has 4 heteroatoms. The Balaban J connectivity index is 2.02. The maximum atomic E-state index is 4.30. The van der Waals surface area contributed by atoms with E-state index in [2.05, 4.69) is 53.4 Å². The van der Waals surface area contributed by atoms with Gasteiger partial charge in [0.15, 0.2) is 0 Å². The Hall–Kier alpha value is -1.39.